The van der Waals surface area contributed by atoms with Crippen LogP contribution in [0.5, 0.6) is 0 Å². The molecule has 0 amide bonds. The van der Waals surface area contributed by atoms with E-state index in [0.717, 1.165) is 12.6 Å². The molecule has 4 nitrogen and oxygen atoms in total. The minimum atomic E-state index is -0.711. The van der Waals surface area contributed by atoms with Gasteiger partial charge in [-0.1, -0.05) is 6.92 Å². The molecule has 2 aromatic rings. The van der Waals surface area contributed by atoms with E-state index in [4.69, 9.17) is 4.42 Å². The first-order valence-corrected chi connectivity index (χ1v) is 5.61. The first-order chi connectivity index (χ1) is 8.61. The van der Waals surface area contributed by atoms with E-state index in [1.54, 1.807) is 6.92 Å². The summed E-state index contributed by atoms with van der Waals surface area (Å²) in [5.74, 6) is -0.878. The van der Waals surface area contributed by atoms with Crippen molar-refractivity contribution in [3.8, 4) is 11.5 Å². The number of aryl methyl sites for hydroxylation is 1. The van der Waals surface area contributed by atoms with Crippen molar-refractivity contribution in [3.05, 3.63) is 35.2 Å². The molecule has 0 fully saturated rings. The van der Waals surface area contributed by atoms with Crippen LogP contribution >= 0.6 is 0 Å². The van der Waals surface area contributed by atoms with Gasteiger partial charge in [0.1, 0.15) is 11.6 Å². The third-order valence-electron chi connectivity index (χ3n) is 2.47. The number of hydrogen-bond acceptors (Lipinski definition) is 4. The Labute approximate surface area is 103 Å². The molecule has 1 heterocycles. The van der Waals surface area contributed by atoms with Gasteiger partial charge >= 0.3 is 0 Å². The molecule has 18 heavy (non-hydrogen) atoms. The Kier molecular flexibility index (Phi) is 3.66. The molecule has 6 heteroatoms. The van der Waals surface area contributed by atoms with Crippen LogP contribution in [0.15, 0.2) is 16.5 Å². The molecule has 1 aromatic heterocycles. The lowest BCUT2D eigenvalue weighted by Gasteiger charge is -2.01. The topological polar surface area (TPSA) is 51.0 Å². The van der Waals surface area contributed by atoms with Crippen molar-refractivity contribution in [3.63, 3.8) is 0 Å². The summed E-state index contributed by atoms with van der Waals surface area (Å²) < 4.78 is 32.0. The van der Waals surface area contributed by atoms with Crippen LogP contribution in [0.3, 0.4) is 0 Å². The first kappa shape index (κ1) is 12.6. The number of hydrogen-bond donors (Lipinski definition) is 1. The van der Waals surface area contributed by atoms with Gasteiger partial charge in [0.15, 0.2) is 0 Å². The van der Waals surface area contributed by atoms with Gasteiger partial charge in [0.25, 0.3) is 5.89 Å². The molecule has 0 aliphatic carbocycles. The molecular formula is C12H13F2N3O. The fraction of sp³-hybridized carbons (Fsp3) is 0.333. The fourth-order valence-electron chi connectivity index (χ4n) is 1.49. The quantitative estimate of drug-likeness (QED) is 0.909. The van der Waals surface area contributed by atoms with Gasteiger partial charge in [0.2, 0.25) is 5.89 Å². The molecule has 0 aliphatic rings. The molecule has 1 N–H and O–H groups in total. The van der Waals surface area contributed by atoms with Crippen LogP contribution in [-0.2, 0) is 6.54 Å². The summed E-state index contributed by atoms with van der Waals surface area (Å²) in [4.78, 5) is 0. The highest BCUT2D eigenvalue weighted by molar-refractivity contribution is 5.55. The van der Waals surface area contributed by atoms with Gasteiger partial charge in [-0.15, -0.1) is 10.2 Å². The number of halogens is 2. The lowest BCUT2D eigenvalue weighted by Crippen LogP contribution is -2.11. The van der Waals surface area contributed by atoms with Gasteiger partial charge < -0.3 is 9.73 Å². The third-order valence-corrected chi connectivity index (χ3v) is 2.47. The Balaban J connectivity index is 2.31. The van der Waals surface area contributed by atoms with Gasteiger partial charge in [-0.2, -0.15) is 0 Å². The van der Waals surface area contributed by atoms with Crippen molar-refractivity contribution in [2.24, 2.45) is 0 Å². The molecule has 0 atom stereocenters. The lowest BCUT2D eigenvalue weighted by atomic mass is 10.1. The fourth-order valence-corrected chi connectivity index (χ4v) is 1.49. The third kappa shape index (κ3) is 2.53. The summed E-state index contributed by atoms with van der Waals surface area (Å²) in [7, 11) is 0. The zero-order valence-corrected chi connectivity index (χ0v) is 10.1. The molecule has 0 bridgehead atoms. The monoisotopic (exact) mass is 253 g/mol. The van der Waals surface area contributed by atoms with Crippen LogP contribution in [0, 0.1) is 18.6 Å². The Morgan fingerprint density at radius 3 is 2.72 bits per heavy atom. The molecule has 96 valence electrons. The first-order valence-electron chi connectivity index (χ1n) is 5.61. The van der Waals surface area contributed by atoms with Crippen molar-refractivity contribution in [1.29, 1.82) is 0 Å². The standard InChI is InChI=1S/C12H13F2N3O/c1-3-15-6-11-16-17-12(18-11)8-4-7(2)9(13)5-10(8)14/h4-5,15H,3,6H2,1-2H3. The summed E-state index contributed by atoms with van der Waals surface area (Å²) >= 11 is 0. The molecule has 0 unspecified atom stereocenters. The second-order valence-electron chi connectivity index (χ2n) is 3.86. The summed E-state index contributed by atoms with van der Waals surface area (Å²) in [6.45, 7) is 4.68. The minimum absolute atomic E-state index is 0.0588. The summed E-state index contributed by atoms with van der Waals surface area (Å²) in [6.07, 6.45) is 0. The Hall–Kier alpha value is -1.82. The van der Waals surface area contributed by atoms with Crippen molar-refractivity contribution in [2.75, 3.05) is 6.54 Å². The van der Waals surface area contributed by atoms with E-state index in [0.29, 0.717) is 18.0 Å². The largest absolute Gasteiger partial charge is 0.419 e. The number of nitrogens with one attached hydrogen (secondary N) is 1. The average Bonchev–Trinajstić information content (AvgIpc) is 2.79. The summed E-state index contributed by atoms with van der Waals surface area (Å²) in [5.41, 5.74) is 0.446. The van der Waals surface area contributed by atoms with E-state index in [1.807, 2.05) is 6.92 Å². The van der Waals surface area contributed by atoms with Crippen LogP contribution in [0.25, 0.3) is 11.5 Å². The minimum Gasteiger partial charge on any atom is -0.419 e. The van der Waals surface area contributed by atoms with E-state index in [9.17, 15) is 8.78 Å². The van der Waals surface area contributed by atoms with E-state index in [-0.39, 0.29) is 11.5 Å². The molecular weight excluding hydrogens is 240 g/mol. The van der Waals surface area contributed by atoms with E-state index < -0.39 is 11.6 Å². The zero-order chi connectivity index (χ0) is 13.1. The summed E-state index contributed by atoms with van der Waals surface area (Å²) in [6, 6.07) is 2.17. The molecule has 2 rings (SSSR count). The smallest absolute Gasteiger partial charge is 0.250 e. The predicted octanol–water partition coefficient (Wildman–Crippen LogP) is 2.43. The van der Waals surface area contributed by atoms with Crippen LogP contribution in [0.1, 0.15) is 18.4 Å². The number of nitrogens with zero attached hydrogens (tertiary/aromatic N) is 2. The second kappa shape index (κ2) is 5.22. The molecule has 0 radical (unpaired) electrons. The van der Waals surface area contributed by atoms with Crippen molar-refractivity contribution >= 4 is 0 Å². The Morgan fingerprint density at radius 2 is 2.00 bits per heavy atom. The predicted molar refractivity (Wildman–Crippen MR) is 61.8 cm³/mol. The maximum atomic E-state index is 13.6. The molecule has 0 saturated carbocycles. The summed E-state index contributed by atoms with van der Waals surface area (Å²) in [5, 5.41) is 10.5. The van der Waals surface area contributed by atoms with E-state index in [2.05, 4.69) is 15.5 Å². The maximum absolute atomic E-state index is 13.6. The van der Waals surface area contributed by atoms with Crippen molar-refractivity contribution in [2.45, 2.75) is 20.4 Å². The van der Waals surface area contributed by atoms with Crippen molar-refractivity contribution < 1.29 is 13.2 Å². The maximum Gasteiger partial charge on any atom is 0.250 e. The normalized spacial score (nSPS) is 10.9. The number of aromatic nitrogens is 2. The van der Waals surface area contributed by atoms with Crippen molar-refractivity contribution in [1.82, 2.24) is 15.5 Å². The zero-order valence-electron chi connectivity index (χ0n) is 10.1. The van der Waals surface area contributed by atoms with Gasteiger partial charge in [0.05, 0.1) is 12.1 Å². The second-order valence-corrected chi connectivity index (χ2v) is 3.86. The highest BCUT2D eigenvalue weighted by atomic mass is 19.1. The van der Waals surface area contributed by atoms with E-state index >= 15 is 0 Å². The SMILES string of the molecule is CCNCc1nnc(-c2cc(C)c(F)cc2F)o1. The highest BCUT2D eigenvalue weighted by Gasteiger charge is 2.15. The highest BCUT2D eigenvalue weighted by Crippen LogP contribution is 2.24. The van der Waals surface area contributed by atoms with E-state index in [1.165, 1.54) is 6.07 Å². The van der Waals surface area contributed by atoms with Crippen LogP contribution in [0.4, 0.5) is 8.78 Å². The molecule has 0 aliphatic heterocycles. The van der Waals surface area contributed by atoms with Gasteiger partial charge in [0, 0.05) is 6.07 Å². The van der Waals surface area contributed by atoms with Crippen LogP contribution < -0.4 is 5.32 Å². The van der Waals surface area contributed by atoms with Gasteiger partial charge in [-0.25, -0.2) is 8.78 Å². The molecule has 1 aromatic carbocycles. The van der Waals surface area contributed by atoms with Crippen LogP contribution in [-0.4, -0.2) is 16.7 Å². The number of benzene rings is 1. The molecule has 0 spiro atoms. The molecule has 0 saturated heterocycles. The van der Waals surface area contributed by atoms with Gasteiger partial charge in [-0.05, 0) is 25.1 Å². The van der Waals surface area contributed by atoms with Gasteiger partial charge in [-0.3, -0.25) is 0 Å². The Bertz CT molecular complexity index is 554. The Morgan fingerprint density at radius 1 is 1.22 bits per heavy atom. The van der Waals surface area contributed by atoms with Crippen LogP contribution in [0.2, 0.25) is 0 Å². The number of rotatable bonds is 4. The average molecular weight is 253 g/mol. The lowest BCUT2D eigenvalue weighted by molar-refractivity contribution is 0.478.